The number of carbonyl (C=O) groups is 4. The van der Waals surface area contributed by atoms with Gasteiger partial charge in [-0.2, -0.15) is 0 Å². The van der Waals surface area contributed by atoms with Gasteiger partial charge in [-0.25, -0.2) is 9.13 Å². The van der Waals surface area contributed by atoms with Gasteiger partial charge in [-0.15, -0.1) is 0 Å². The maximum Gasteiger partial charge on any atom is 0.472 e. The van der Waals surface area contributed by atoms with Gasteiger partial charge >= 0.3 is 39.5 Å². The maximum atomic E-state index is 13.2. The van der Waals surface area contributed by atoms with Gasteiger partial charge in [0.05, 0.1) is 26.4 Å². The van der Waals surface area contributed by atoms with Gasteiger partial charge in [0.15, 0.2) is 12.2 Å². The molecule has 0 fully saturated rings. The van der Waals surface area contributed by atoms with Crippen LogP contribution in [0.25, 0.3) is 0 Å². The summed E-state index contributed by atoms with van der Waals surface area (Å²) in [5.41, 5.74) is 0. The smallest absolute Gasteiger partial charge is 0.462 e. The van der Waals surface area contributed by atoms with E-state index in [4.69, 9.17) is 37.0 Å². The number of ether oxygens (including phenoxy) is 4. The highest BCUT2D eigenvalue weighted by Gasteiger charge is 2.31. The Morgan fingerprint density at radius 3 is 0.651 bits per heavy atom. The van der Waals surface area contributed by atoms with Crippen LogP contribution < -0.4 is 0 Å². The fraction of sp³-hybridized carbons (Fsp3) is 0.956. The highest BCUT2D eigenvalue weighted by Crippen LogP contribution is 2.45. The molecule has 0 rings (SSSR count). The molecule has 0 amide bonds. The van der Waals surface area contributed by atoms with Gasteiger partial charge in [0, 0.05) is 25.7 Å². The van der Waals surface area contributed by atoms with Crippen molar-refractivity contribution in [2.75, 3.05) is 39.6 Å². The van der Waals surface area contributed by atoms with Crippen LogP contribution in [0.2, 0.25) is 0 Å². The summed E-state index contributed by atoms with van der Waals surface area (Å²) in [4.78, 5) is 73.3. The lowest BCUT2D eigenvalue weighted by molar-refractivity contribution is -0.161. The molecule has 3 unspecified atom stereocenters. The molecule has 17 nitrogen and oxygen atoms in total. The maximum absolute atomic E-state index is 13.2. The summed E-state index contributed by atoms with van der Waals surface area (Å²) in [7, 11) is -9.93. The molecule has 19 heteroatoms. The third kappa shape index (κ3) is 82.4. The second-order valence-corrected chi connectivity index (χ2v) is 35.5. The number of aliphatic hydroxyl groups is 1. The van der Waals surface area contributed by atoms with Crippen LogP contribution in [-0.2, 0) is 65.4 Å². The van der Waals surface area contributed by atoms with Gasteiger partial charge in [0.25, 0.3) is 0 Å². The minimum Gasteiger partial charge on any atom is -0.462 e. The minimum absolute atomic E-state index is 0.109. The summed E-state index contributed by atoms with van der Waals surface area (Å²) in [6.07, 6.45) is 77.9. The molecular formula is C90H176O17P2. The zero-order chi connectivity index (χ0) is 79.7. The molecule has 0 heterocycles. The van der Waals surface area contributed by atoms with Gasteiger partial charge in [0.2, 0.25) is 0 Å². The van der Waals surface area contributed by atoms with Crippen molar-refractivity contribution in [1.82, 2.24) is 0 Å². The molecule has 0 aromatic rings. The number of esters is 4. The molecule has 0 spiro atoms. The van der Waals surface area contributed by atoms with Crippen LogP contribution in [0.15, 0.2) is 0 Å². The number of aliphatic hydroxyl groups excluding tert-OH is 1. The lowest BCUT2D eigenvalue weighted by Crippen LogP contribution is -2.30. The first kappa shape index (κ1) is 107. The second kappa shape index (κ2) is 82.6. The van der Waals surface area contributed by atoms with Crippen molar-refractivity contribution in [3.8, 4) is 0 Å². The van der Waals surface area contributed by atoms with Crippen LogP contribution in [0.3, 0.4) is 0 Å². The SMILES string of the molecule is CCCCCCCCCCCCCCCCCCCCCCC(=O)OC[C@H](COP(=O)(O)OC[C@@H](O)COP(=O)(O)OC[C@@H](COC(=O)CCCCCCCCCCC)OC(=O)CCCCCCCCCCCCCCCCCCCC)OC(=O)CCCCCCCCCCCCCCCCCCCCC(C)CC. The molecule has 0 aromatic carbocycles. The summed E-state index contributed by atoms with van der Waals surface area (Å²) in [6.45, 7) is 7.44. The molecular weight excluding hydrogens is 1410 g/mol. The quantitative estimate of drug-likeness (QED) is 0.0222. The summed E-state index contributed by atoms with van der Waals surface area (Å²) >= 11 is 0. The van der Waals surface area contributed by atoms with Crippen LogP contribution in [0.5, 0.6) is 0 Å². The summed E-state index contributed by atoms with van der Waals surface area (Å²) in [5.74, 6) is -1.23. The predicted octanol–water partition coefficient (Wildman–Crippen LogP) is 27.9. The van der Waals surface area contributed by atoms with Crippen molar-refractivity contribution >= 4 is 39.5 Å². The van der Waals surface area contributed by atoms with Crippen LogP contribution in [0.1, 0.15) is 490 Å². The predicted molar refractivity (Wildman–Crippen MR) is 451 cm³/mol. The zero-order valence-electron chi connectivity index (χ0n) is 71.7. The van der Waals surface area contributed by atoms with Gasteiger partial charge < -0.3 is 33.8 Å². The van der Waals surface area contributed by atoms with Crippen LogP contribution in [0, 0.1) is 5.92 Å². The first-order valence-electron chi connectivity index (χ1n) is 46.7. The normalized spacial score (nSPS) is 13.9. The van der Waals surface area contributed by atoms with E-state index in [0.29, 0.717) is 25.7 Å². The number of hydrogen-bond donors (Lipinski definition) is 3. The average Bonchev–Trinajstić information content (AvgIpc) is 0.903. The van der Waals surface area contributed by atoms with Gasteiger partial charge in [-0.1, -0.05) is 439 Å². The van der Waals surface area contributed by atoms with E-state index in [1.54, 1.807) is 0 Å². The van der Waals surface area contributed by atoms with E-state index in [-0.39, 0.29) is 25.7 Å². The first-order chi connectivity index (χ1) is 53.1. The molecule has 0 saturated carbocycles. The van der Waals surface area contributed by atoms with Crippen molar-refractivity contribution in [1.29, 1.82) is 0 Å². The van der Waals surface area contributed by atoms with Gasteiger partial charge in [-0.3, -0.25) is 37.3 Å². The zero-order valence-corrected chi connectivity index (χ0v) is 73.5. The summed E-state index contributed by atoms with van der Waals surface area (Å²) in [6, 6.07) is 0. The van der Waals surface area contributed by atoms with Crippen LogP contribution in [0.4, 0.5) is 0 Å². The molecule has 3 N–H and O–H groups in total. The van der Waals surface area contributed by atoms with Crippen molar-refractivity contribution < 1.29 is 80.2 Å². The molecule has 0 aliphatic rings. The van der Waals surface area contributed by atoms with E-state index in [1.165, 1.54) is 315 Å². The van der Waals surface area contributed by atoms with Crippen LogP contribution >= 0.6 is 15.6 Å². The minimum atomic E-state index is -4.97. The Hall–Kier alpha value is -1.94. The largest absolute Gasteiger partial charge is 0.472 e. The number of carbonyl (C=O) groups excluding carboxylic acids is 4. The van der Waals surface area contributed by atoms with Crippen molar-refractivity contribution in [2.24, 2.45) is 5.92 Å². The fourth-order valence-corrected chi connectivity index (χ4v) is 15.7. The molecule has 0 radical (unpaired) electrons. The molecule has 0 aliphatic carbocycles. The summed E-state index contributed by atoms with van der Waals surface area (Å²) < 4.78 is 69.0. The van der Waals surface area contributed by atoms with E-state index in [0.717, 1.165) is 95.8 Å². The molecule has 0 bridgehead atoms. The third-order valence-electron chi connectivity index (χ3n) is 21.6. The standard InChI is InChI=1S/C90H176O17P2/c1-6-10-13-16-19-22-24-26-28-30-32-33-38-41-45-49-54-59-64-69-74-88(93)101-80-86(107-90(95)76-71-66-61-56-51-47-43-39-35-34-36-40-44-48-53-57-62-67-72-83(5)9-4)82-105-109(98,99)103-78-84(91)77-102-108(96,97)104-81-85(79-100-87(92)73-68-63-58-52-21-18-15-12-8-3)106-89(94)75-70-65-60-55-50-46-42-37-31-29-27-25-23-20-17-14-11-7-2/h83-86,91H,6-82H2,1-5H3,(H,96,97)(H,98,99)/t83?,84-,85+,86+/m0/s1. The lowest BCUT2D eigenvalue weighted by atomic mass is 9.99. The number of phosphoric ester groups is 2. The Morgan fingerprint density at radius 1 is 0.257 bits per heavy atom. The Morgan fingerprint density at radius 2 is 0.440 bits per heavy atom. The van der Waals surface area contributed by atoms with Crippen LogP contribution in [-0.4, -0.2) is 96.7 Å². The topological polar surface area (TPSA) is 237 Å². The molecule has 6 atom stereocenters. The van der Waals surface area contributed by atoms with E-state index in [2.05, 4.69) is 34.6 Å². The highest BCUT2D eigenvalue weighted by molar-refractivity contribution is 7.47. The third-order valence-corrected chi connectivity index (χ3v) is 23.5. The Labute approximate surface area is 670 Å². The summed E-state index contributed by atoms with van der Waals surface area (Å²) in [5, 5.41) is 10.7. The monoisotopic (exact) mass is 1590 g/mol. The lowest BCUT2D eigenvalue weighted by Gasteiger charge is -2.21. The Kier molecular flexibility index (Phi) is 81.1. The van der Waals surface area contributed by atoms with Gasteiger partial charge in [-0.05, 0) is 31.6 Å². The average molecular weight is 1590 g/mol. The number of hydrogen-bond acceptors (Lipinski definition) is 15. The van der Waals surface area contributed by atoms with E-state index < -0.39 is 97.5 Å². The Bertz CT molecular complexity index is 2070. The molecule has 0 aromatic heterocycles. The fourth-order valence-electron chi connectivity index (χ4n) is 14.1. The van der Waals surface area contributed by atoms with Gasteiger partial charge in [0.1, 0.15) is 19.3 Å². The van der Waals surface area contributed by atoms with E-state index >= 15 is 0 Å². The number of phosphoric acid groups is 2. The molecule has 109 heavy (non-hydrogen) atoms. The first-order valence-corrected chi connectivity index (χ1v) is 49.7. The molecule has 648 valence electrons. The Balaban J connectivity index is 5.19. The number of rotatable bonds is 90. The van der Waals surface area contributed by atoms with Crippen molar-refractivity contribution in [2.45, 2.75) is 509 Å². The van der Waals surface area contributed by atoms with E-state index in [9.17, 15) is 43.2 Å². The molecule has 0 aliphatic heterocycles. The number of unbranched alkanes of at least 4 members (excludes halogenated alkanes) is 61. The molecule has 0 saturated heterocycles. The van der Waals surface area contributed by atoms with E-state index in [1.807, 2.05) is 0 Å². The van der Waals surface area contributed by atoms with Crippen molar-refractivity contribution in [3.63, 3.8) is 0 Å². The second-order valence-electron chi connectivity index (χ2n) is 32.6. The highest BCUT2D eigenvalue weighted by atomic mass is 31.2. The van der Waals surface area contributed by atoms with Crippen molar-refractivity contribution in [3.05, 3.63) is 0 Å².